The third kappa shape index (κ3) is 4.94. The highest BCUT2D eigenvalue weighted by Crippen LogP contribution is 2.22. The van der Waals surface area contributed by atoms with E-state index in [0.717, 1.165) is 36.1 Å². The Morgan fingerprint density at radius 1 is 1.10 bits per heavy atom. The molecule has 29 heavy (non-hydrogen) atoms. The minimum atomic E-state index is -3.50. The first-order valence-corrected chi connectivity index (χ1v) is 11.3. The Morgan fingerprint density at radius 3 is 2.34 bits per heavy atom. The Balaban J connectivity index is 1.65. The highest BCUT2D eigenvalue weighted by atomic mass is 32.2. The Labute approximate surface area is 172 Å². The van der Waals surface area contributed by atoms with Crippen molar-refractivity contribution in [1.29, 1.82) is 0 Å². The number of hydrogen-bond donors (Lipinski definition) is 1. The van der Waals surface area contributed by atoms with Crippen molar-refractivity contribution in [3.05, 3.63) is 47.7 Å². The van der Waals surface area contributed by atoms with Crippen LogP contribution in [-0.4, -0.2) is 50.3 Å². The zero-order chi connectivity index (χ0) is 21.0. The van der Waals surface area contributed by atoms with E-state index in [1.165, 1.54) is 10.5 Å². The third-order valence-corrected chi connectivity index (χ3v) is 7.07. The number of carbonyl (C=O) groups excluding carboxylic acids is 1. The highest BCUT2D eigenvalue weighted by molar-refractivity contribution is 7.89. The van der Waals surface area contributed by atoms with Gasteiger partial charge in [-0.05, 0) is 49.9 Å². The van der Waals surface area contributed by atoms with Gasteiger partial charge in [0.1, 0.15) is 10.7 Å². The number of benzene rings is 1. The molecule has 1 aromatic heterocycles. The predicted octanol–water partition coefficient (Wildman–Crippen LogP) is 2.95. The summed E-state index contributed by atoms with van der Waals surface area (Å²) in [7, 11) is -1.75. The molecule has 0 aliphatic carbocycles. The van der Waals surface area contributed by atoms with Crippen LogP contribution in [0.5, 0.6) is 0 Å². The summed E-state index contributed by atoms with van der Waals surface area (Å²) in [4.78, 5) is 18.6. The highest BCUT2D eigenvalue weighted by Gasteiger charge is 2.26. The number of aromatic nitrogens is 1. The van der Waals surface area contributed by atoms with Crippen molar-refractivity contribution >= 4 is 27.4 Å². The standard InChI is InChI=1S/C21H28N4O3S/c1-16-8-7-9-17(2)21(16)23-20(26)15-24(3)19-11-10-18(14-22-19)29(27,28)25-12-5-4-6-13-25/h7-11,14H,4-6,12-13,15H2,1-3H3,(H,23,26). The van der Waals surface area contributed by atoms with Gasteiger partial charge in [-0.1, -0.05) is 24.6 Å². The zero-order valence-electron chi connectivity index (χ0n) is 17.2. The number of carbonyl (C=O) groups is 1. The van der Waals surface area contributed by atoms with Gasteiger partial charge in [0, 0.05) is 32.0 Å². The first-order chi connectivity index (χ1) is 13.8. The number of nitrogens with one attached hydrogen (secondary N) is 1. The number of pyridine rings is 1. The van der Waals surface area contributed by atoms with Crippen molar-refractivity contribution in [3.8, 4) is 0 Å². The number of anilines is 2. The molecule has 1 N–H and O–H groups in total. The number of hydrogen-bond acceptors (Lipinski definition) is 5. The lowest BCUT2D eigenvalue weighted by Crippen LogP contribution is -2.35. The zero-order valence-corrected chi connectivity index (χ0v) is 18.0. The molecule has 0 unspecified atom stereocenters. The number of likely N-dealkylation sites (N-methyl/N-ethyl adjacent to an activating group) is 1. The van der Waals surface area contributed by atoms with Crippen LogP contribution in [0.2, 0.25) is 0 Å². The van der Waals surface area contributed by atoms with Gasteiger partial charge in [0.05, 0.1) is 6.54 Å². The second-order valence-corrected chi connectivity index (χ2v) is 9.43. The second kappa shape index (κ2) is 8.92. The molecule has 0 spiro atoms. The van der Waals surface area contributed by atoms with Gasteiger partial charge in [-0.3, -0.25) is 4.79 Å². The van der Waals surface area contributed by atoms with Crippen molar-refractivity contribution in [2.45, 2.75) is 38.0 Å². The number of nitrogens with zero attached hydrogens (tertiary/aromatic N) is 3. The van der Waals surface area contributed by atoms with E-state index in [2.05, 4.69) is 10.3 Å². The molecule has 156 valence electrons. The Bertz CT molecular complexity index is 948. The van der Waals surface area contributed by atoms with Gasteiger partial charge < -0.3 is 10.2 Å². The summed E-state index contributed by atoms with van der Waals surface area (Å²) in [6.45, 7) is 5.13. The molecule has 1 amide bonds. The number of aryl methyl sites for hydroxylation is 2. The average Bonchev–Trinajstić information content (AvgIpc) is 2.71. The van der Waals surface area contributed by atoms with Crippen LogP contribution < -0.4 is 10.2 Å². The number of rotatable bonds is 6. The number of piperidine rings is 1. The molecule has 0 saturated carbocycles. The van der Waals surface area contributed by atoms with Gasteiger partial charge in [-0.25, -0.2) is 13.4 Å². The normalized spacial score (nSPS) is 15.1. The third-order valence-electron chi connectivity index (χ3n) is 5.19. The van der Waals surface area contributed by atoms with Crippen molar-refractivity contribution in [2.75, 3.05) is 36.9 Å². The van der Waals surface area contributed by atoms with Crippen LogP contribution in [0.3, 0.4) is 0 Å². The molecule has 1 aliphatic rings. The minimum Gasteiger partial charge on any atom is -0.350 e. The Hall–Kier alpha value is -2.45. The van der Waals surface area contributed by atoms with Gasteiger partial charge in [0.25, 0.3) is 0 Å². The lowest BCUT2D eigenvalue weighted by atomic mass is 10.1. The smallest absolute Gasteiger partial charge is 0.244 e. The SMILES string of the molecule is Cc1cccc(C)c1NC(=O)CN(C)c1ccc(S(=O)(=O)N2CCCCC2)cn1. The molecular weight excluding hydrogens is 388 g/mol. The van der Waals surface area contributed by atoms with Crippen molar-refractivity contribution in [1.82, 2.24) is 9.29 Å². The number of sulfonamides is 1. The topological polar surface area (TPSA) is 82.6 Å². The van der Waals surface area contributed by atoms with E-state index >= 15 is 0 Å². The first kappa shape index (κ1) is 21.3. The van der Waals surface area contributed by atoms with E-state index in [1.54, 1.807) is 24.1 Å². The van der Waals surface area contributed by atoms with Crippen molar-refractivity contribution in [3.63, 3.8) is 0 Å². The quantitative estimate of drug-likeness (QED) is 0.783. The minimum absolute atomic E-state index is 0.110. The summed E-state index contributed by atoms with van der Waals surface area (Å²) in [5.74, 6) is 0.385. The van der Waals surface area contributed by atoms with Gasteiger partial charge >= 0.3 is 0 Å². The maximum Gasteiger partial charge on any atom is 0.244 e. The van der Waals surface area contributed by atoms with Crippen LogP contribution in [0.15, 0.2) is 41.4 Å². The van der Waals surface area contributed by atoms with E-state index in [4.69, 9.17) is 0 Å². The molecule has 1 saturated heterocycles. The van der Waals surface area contributed by atoms with E-state index in [0.29, 0.717) is 18.9 Å². The number of amides is 1. The monoisotopic (exact) mass is 416 g/mol. The summed E-state index contributed by atoms with van der Waals surface area (Å²) in [5.41, 5.74) is 2.83. The van der Waals surface area contributed by atoms with Crippen LogP contribution in [-0.2, 0) is 14.8 Å². The van der Waals surface area contributed by atoms with Crippen LogP contribution in [0.25, 0.3) is 0 Å². The molecule has 0 radical (unpaired) electrons. The molecule has 3 rings (SSSR count). The molecular formula is C21H28N4O3S. The summed E-state index contributed by atoms with van der Waals surface area (Å²) in [6.07, 6.45) is 4.23. The first-order valence-electron chi connectivity index (χ1n) is 9.82. The molecule has 7 nitrogen and oxygen atoms in total. The Kier molecular flexibility index (Phi) is 6.54. The van der Waals surface area contributed by atoms with E-state index < -0.39 is 10.0 Å². The molecule has 1 fully saturated rings. The average molecular weight is 417 g/mol. The van der Waals surface area contributed by atoms with Gasteiger partial charge in [-0.2, -0.15) is 4.31 Å². The summed E-state index contributed by atoms with van der Waals surface area (Å²) >= 11 is 0. The van der Waals surface area contributed by atoms with E-state index in [9.17, 15) is 13.2 Å². The molecule has 0 atom stereocenters. The van der Waals surface area contributed by atoms with Crippen LogP contribution in [0, 0.1) is 13.8 Å². The lowest BCUT2D eigenvalue weighted by molar-refractivity contribution is -0.114. The van der Waals surface area contributed by atoms with Crippen LogP contribution >= 0.6 is 0 Å². The molecule has 8 heteroatoms. The van der Waals surface area contributed by atoms with Crippen molar-refractivity contribution in [2.24, 2.45) is 0 Å². The maximum atomic E-state index is 12.7. The lowest BCUT2D eigenvalue weighted by Gasteiger charge is -2.26. The summed E-state index contributed by atoms with van der Waals surface area (Å²) in [6, 6.07) is 9.07. The molecule has 1 aliphatic heterocycles. The summed E-state index contributed by atoms with van der Waals surface area (Å²) in [5, 5.41) is 2.95. The van der Waals surface area contributed by atoms with Crippen molar-refractivity contribution < 1.29 is 13.2 Å². The van der Waals surface area contributed by atoms with Gasteiger partial charge in [0.2, 0.25) is 15.9 Å². The molecule has 2 aromatic rings. The maximum absolute atomic E-state index is 12.7. The fourth-order valence-electron chi connectivity index (χ4n) is 3.49. The molecule has 1 aromatic carbocycles. The molecule has 0 bridgehead atoms. The Morgan fingerprint density at radius 2 is 1.76 bits per heavy atom. The predicted molar refractivity (Wildman–Crippen MR) is 115 cm³/mol. The van der Waals surface area contributed by atoms with Crippen LogP contribution in [0.1, 0.15) is 30.4 Å². The fraction of sp³-hybridized carbons (Fsp3) is 0.429. The van der Waals surface area contributed by atoms with E-state index in [-0.39, 0.29) is 17.3 Å². The fourth-order valence-corrected chi connectivity index (χ4v) is 4.96. The largest absolute Gasteiger partial charge is 0.350 e. The van der Waals surface area contributed by atoms with Crippen LogP contribution in [0.4, 0.5) is 11.5 Å². The van der Waals surface area contributed by atoms with Gasteiger partial charge in [0.15, 0.2) is 0 Å². The van der Waals surface area contributed by atoms with Gasteiger partial charge in [-0.15, -0.1) is 0 Å². The molecule has 2 heterocycles. The number of para-hydroxylation sites is 1. The second-order valence-electron chi connectivity index (χ2n) is 7.49. The van der Waals surface area contributed by atoms with E-state index in [1.807, 2.05) is 32.0 Å². The summed E-state index contributed by atoms with van der Waals surface area (Å²) < 4.78 is 27.0.